The lowest BCUT2D eigenvalue weighted by Crippen LogP contribution is -2.43. The predicted molar refractivity (Wildman–Crippen MR) is 127 cm³/mol. The molecule has 0 spiro atoms. The average molecular weight is 505 g/mol. The molecule has 1 N–H and O–H groups in total. The largest absolute Gasteiger partial charge is 0.495 e. The van der Waals surface area contributed by atoms with Crippen molar-refractivity contribution in [3.8, 4) is 5.75 Å². The van der Waals surface area contributed by atoms with E-state index in [9.17, 15) is 22.4 Å². The van der Waals surface area contributed by atoms with Gasteiger partial charge in [0.05, 0.1) is 25.0 Å². The molecule has 1 heterocycles. The number of amides is 1. The van der Waals surface area contributed by atoms with Gasteiger partial charge in [0, 0.05) is 18.8 Å². The monoisotopic (exact) mass is 504 g/mol. The highest BCUT2D eigenvalue weighted by molar-refractivity contribution is 7.89. The molecule has 4 rings (SSSR count). The number of hydrogen-bond acceptors (Lipinski definition) is 6. The normalized spacial score (nSPS) is 19.6. The van der Waals surface area contributed by atoms with E-state index in [2.05, 4.69) is 5.32 Å². The molecule has 1 atom stereocenters. The molecule has 2 fully saturated rings. The molecule has 1 saturated heterocycles. The van der Waals surface area contributed by atoms with Crippen LogP contribution < -0.4 is 10.1 Å². The summed E-state index contributed by atoms with van der Waals surface area (Å²) in [4.78, 5) is 25.0. The summed E-state index contributed by atoms with van der Waals surface area (Å²) in [6.45, 7) is 2.32. The van der Waals surface area contributed by atoms with Crippen LogP contribution in [0.15, 0.2) is 47.4 Å². The van der Waals surface area contributed by atoms with E-state index in [1.54, 1.807) is 19.1 Å². The van der Waals surface area contributed by atoms with Gasteiger partial charge >= 0.3 is 5.97 Å². The number of nitrogens with one attached hydrogen (secondary N) is 1. The number of methoxy groups -OCH3 is 1. The standard InChI is InChI=1S/C25H29FN2O6S/c1-3-34-24(30)25(12-13-25)18-6-9-20(10-7-18)27-23(29)17-5-4-14-28(16-17)35(31,32)22-15-19(26)8-11-21(22)33-2/h6-11,15,17H,3-5,12-14,16H2,1-2H3,(H,27,29)/t17-/m1/s1. The summed E-state index contributed by atoms with van der Waals surface area (Å²) in [6.07, 6.45) is 2.50. The van der Waals surface area contributed by atoms with Gasteiger partial charge in [-0.2, -0.15) is 4.31 Å². The van der Waals surface area contributed by atoms with Crippen molar-refractivity contribution in [2.45, 2.75) is 42.9 Å². The van der Waals surface area contributed by atoms with Crippen LogP contribution >= 0.6 is 0 Å². The van der Waals surface area contributed by atoms with E-state index in [-0.39, 0.29) is 35.6 Å². The number of nitrogens with zero attached hydrogens (tertiary/aromatic N) is 1. The maximum atomic E-state index is 13.8. The molecule has 2 aromatic rings. The molecular weight excluding hydrogens is 475 g/mol. The molecule has 35 heavy (non-hydrogen) atoms. The predicted octanol–water partition coefficient (Wildman–Crippen LogP) is 3.47. The zero-order valence-corrected chi connectivity index (χ0v) is 20.6. The second-order valence-electron chi connectivity index (χ2n) is 8.87. The van der Waals surface area contributed by atoms with Crippen LogP contribution in [0.2, 0.25) is 0 Å². The molecule has 188 valence electrons. The number of piperidine rings is 1. The number of esters is 1. The topological polar surface area (TPSA) is 102 Å². The number of hydrogen-bond donors (Lipinski definition) is 1. The molecule has 1 aliphatic carbocycles. The number of ether oxygens (including phenoxy) is 2. The number of sulfonamides is 1. The van der Waals surface area contributed by atoms with Gasteiger partial charge in [-0.05, 0) is 68.5 Å². The van der Waals surface area contributed by atoms with Crippen LogP contribution in [0, 0.1) is 11.7 Å². The van der Waals surface area contributed by atoms with E-state index in [1.165, 1.54) is 17.5 Å². The van der Waals surface area contributed by atoms with E-state index in [0.29, 0.717) is 25.1 Å². The van der Waals surface area contributed by atoms with Gasteiger partial charge in [0.1, 0.15) is 16.5 Å². The highest BCUT2D eigenvalue weighted by Gasteiger charge is 2.52. The highest BCUT2D eigenvalue weighted by atomic mass is 32.2. The fourth-order valence-electron chi connectivity index (χ4n) is 4.49. The van der Waals surface area contributed by atoms with Crippen molar-refractivity contribution < 1.29 is 31.9 Å². The summed E-state index contributed by atoms with van der Waals surface area (Å²) in [7, 11) is -2.73. The van der Waals surface area contributed by atoms with Gasteiger partial charge in [0.15, 0.2) is 0 Å². The van der Waals surface area contributed by atoms with Crippen molar-refractivity contribution in [2.24, 2.45) is 5.92 Å². The number of benzene rings is 2. The minimum atomic E-state index is -4.05. The molecule has 1 saturated carbocycles. The van der Waals surface area contributed by atoms with Gasteiger partial charge in [-0.1, -0.05) is 12.1 Å². The number of rotatable bonds is 8. The Kier molecular flexibility index (Phi) is 7.14. The minimum absolute atomic E-state index is 0.0160. The lowest BCUT2D eigenvalue weighted by atomic mass is 9.95. The van der Waals surface area contributed by atoms with E-state index < -0.39 is 27.2 Å². The number of carbonyl (C=O) groups is 2. The van der Waals surface area contributed by atoms with Crippen LogP contribution in [0.3, 0.4) is 0 Å². The Morgan fingerprint density at radius 2 is 1.89 bits per heavy atom. The lowest BCUT2D eigenvalue weighted by Gasteiger charge is -2.31. The summed E-state index contributed by atoms with van der Waals surface area (Å²) < 4.78 is 51.7. The Balaban J connectivity index is 1.44. The Bertz CT molecular complexity index is 1210. The van der Waals surface area contributed by atoms with Gasteiger partial charge in [-0.15, -0.1) is 0 Å². The number of anilines is 1. The summed E-state index contributed by atoms with van der Waals surface area (Å²) in [5.41, 5.74) is 0.826. The maximum Gasteiger partial charge on any atom is 0.316 e. The fourth-order valence-corrected chi connectivity index (χ4v) is 6.18. The van der Waals surface area contributed by atoms with E-state index in [1.807, 2.05) is 12.1 Å². The Morgan fingerprint density at radius 1 is 1.17 bits per heavy atom. The first kappa shape index (κ1) is 25.1. The van der Waals surface area contributed by atoms with Crippen LogP contribution in [-0.2, 0) is 29.8 Å². The van der Waals surface area contributed by atoms with E-state index >= 15 is 0 Å². The third-order valence-electron chi connectivity index (χ3n) is 6.62. The van der Waals surface area contributed by atoms with E-state index in [4.69, 9.17) is 9.47 Å². The van der Waals surface area contributed by atoms with Crippen LogP contribution in [-0.4, -0.2) is 51.4 Å². The molecule has 10 heteroatoms. The quantitative estimate of drug-likeness (QED) is 0.553. The second kappa shape index (κ2) is 9.94. The molecule has 2 aliphatic rings. The van der Waals surface area contributed by atoms with E-state index in [0.717, 1.165) is 30.5 Å². The number of halogens is 1. The summed E-state index contributed by atoms with van der Waals surface area (Å²) in [5.74, 6) is -1.72. The molecule has 2 aromatic carbocycles. The highest BCUT2D eigenvalue weighted by Crippen LogP contribution is 2.49. The summed E-state index contributed by atoms with van der Waals surface area (Å²) in [6, 6.07) is 10.4. The van der Waals surface area contributed by atoms with Crippen LogP contribution in [0.25, 0.3) is 0 Å². The summed E-state index contributed by atoms with van der Waals surface area (Å²) >= 11 is 0. The van der Waals surface area contributed by atoms with Gasteiger partial charge < -0.3 is 14.8 Å². The molecule has 1 amide bonds. The third kappa shape index (κ3) is 5.04. The molecule has 1 aliphatic heterocycles. The van der Waals surface area contributed by atoms with Gasteiger partial charge in [-0.3, -0.25) is 9.59 Å². The smallest absolute Gasteiger partial charge is 0.316 e. The number of carbonyl (C=O) groups excluding carboxylic acids is 2. The maximum absolute atomic E-state index is 13.8. The molecule has 0 bridgehead atoms. The van der Waals surface area contributed by atoms with Gasteiger partial charge in [0.25, 0.3) is 0 Å². The molecule has 8 nitrogen and oxygen atoms in total. The Morgan fingerprint density at radius 3 is 2.51 bits per heavy atom. The molecule has 0 radical (unpaired) electrons. The van der Waals surface area contributed by atoms with Crippen molar-refractivity contribution in [1.29, 1.82) is 0 Å². The molecular formula is C25H29FN2O6S. The zero-order chi connectivity index (χ0) is 25.2. The third-order valence-corrected chi connectivity index (χ3v) is 8.51. The minimum Gasteiger partial charge on any atom is -0.495 e. The van der Waals surface area contributed by atoms with Crippen molar-refractivity contribution in [3.05, 3.63) is 53.8 Å². The van der Waals surface area contributed by atoms with Gasteiger partial charge in [-0.25, -0.2) is 12.8 Å². The lowest BCUT2D eigenvalue weighted by molar-refractivity contribution is -0.146. The Hall–Kier alpha value is -2.98. The molecule has 0 aromatic heterocycles. The van der Waals surface area contributed by atoms with Crippen LogP contribution in [0.4, 0.5) is 10.1 Å². The molecule has 0 unspecified atom stereocenters. The first-order valence-corrected chi connectivity index (χ1v) is 13.1. The van der Waals surface area contributed by atoms with Crippen molar-refractivity contribution in [3.63, 3.8) is 0 Å². The Labute approximate surface area is 204 Å². The van der Waals surface area contributed by atoms with Crippen molar-refractivity contribution in [2.75, 3.05) is 32.1 Å². The van der Waals surface area contributed by atoms with Gasteiger partial charge in [0.2, 0.25) is 15.9 Å². The average Bonchev–Trinajstić information content (AvgIpc) is 3.67. The second-order valence-corrected chi connectivity index (χ2v) is 10.8. The first-order chi connectivity index (χ1) is 16.7. The SMILES string of the molecule is CCOC(=O)C1(c2ccc(NC(=O)[C@@H]3CCCN(S(=O)(=O)c4cc(F)ccc4OC)C3)cc2)CC1. The van der Waals surface area contributed by atoms with Crippen LogP contribution in [0.5, 0.6) is 5.75 Å². The first-order valence-electron chi connectivity index (χ1n) is 11.6. The zero-order valence-electron chi connectivity index (χ0n) is 19.8. The van der Waals surface area contributed by atoms with Crippen molar-refractivity contribution >= 4 is 27.6 Å². The van der Waals surface area contributed by atoms with Crippen LogP contribution in [0.1, 0.15) is 38.2 Å². The van der Waals surface area contributed by atoms with Crippen molar-refractivity contribution in [1.82, 2.24) is 4.31 Å². The summed E-state index contributed by atoms with van der Waals surface area (Å²) in [5, 5.41) is 2.85. The fraction of sp³-hybridized carbons (Fsp3) is 0.440.